The van der Waals surface area contributed by atoms with Crippen molar-refractivity contribution in [3.05, 3.63) is 57.8 Å². The summed E-state index contributed by atoms with van der Waals surface area (Å²) < 4.78 is 5.30. The summed E-state index contributed by atoms with van der Waals surface area (Å²) in [5.41, 5.74) is 0.932. The van der Waals surface area contributed by atoms with E-state index >= 15 is 0 Å². The lowest BCUT2D eigenvalue weighted by Crippen LogP contribution is -2.51. The van der Waals surface area contributed by atoms with E-state index in [9.17, 15) is 19.9 Å². The van der Waals surface area contributed by atoms with Gasteiger partial charge in [-0.25, -0.2) is 4.79 Å². The number of nitrogens with zero attached hydrogens (tertiary/aromatic N) is 1. The maximum absolute atomic E-state index is 13.1. The summed E-state index contributed by atoms with van der Waals surface area (Å²) in [5.74, 6) is -0.481. The Labute approximate surface area is 178 Å². The number of benzene rings is 1. The minimum absolute atomic E-state index is 0.116. The Bertz CT molecular complexity index is 936. The van der Waals surface area contributed by atoms with Crippen molar-refractivity contribution in [2.24, 2.45) is 5.16 Å². The average Bonchev–Trinajstić information content (AvgIpc) is 3.22. The largest absolute Gasteiger partial charge is 0.444 e. The molecule has 0 bridgehead atoms. The third kappa shape index (κ3) is 4.98. The summed E-state index contributed by atoms with van der Waals surface area (Å²) in [4.78, 5) is 26.0. The number of hydrogen-bond donors (Lipinski definition) is 4. The van der Waals surface area contributed by atoms with Gasteiger partial charge in [0.25, 0.3) is 0 Å². The fourth-order valence-electron chi connectivity index (χ4n) is 3.26. The van der Waals surface area contributed by atoms with E-state index in [4.69, 9.17) is 4.74 Å². The quantitative estimate of drug-likeness (QED) is 0.428. The van der Waals surface area contributed by atoms with Crippen molar-refractivity contribution in [2.75, 3.05) is 0 Å². The van der Waals surface area contributed by atoms with Gasteiger partial charge in [-0.1, -0.05) is 35.5 Å². The number of alkyl carbamates (subject to hydrolysis) is 1. The van der Waals surface area contributed by atoms with Crippen LogP contribution in [0, 0.1) is 0 Å². The van der Waals surface area contributed by atoms with Gasteiger partial charge in [0.15, 0.2) is 0 Å². The first-order valence-corrected chi connectivity index (χ1v) is 10.4. The molecule has 1 aliphatic carbocycles. The first-order chi connectivity index (χ1) is 14.2. The molecular weight excluding hydrogens is 406 g/mol. The summed E-state index contributed by atoms with van der Waals surface area (Å²) in [6.07, 6.45) is -1.65. The molecule has 4 N–H and O–H groups in total. The van der Waals surface area contributed by atoms with E-state index in [0.717, 1.165) is 5.56 Å². The van der Waals surface area contributed by atoms with Crippen molar-refractivity contribution in [2.45, 2.75) is 51.0 Å². The van der Waals surface area contributed by atoms with Crippen LogP contribution < -0.4 is 10.6 Å². The number of amides is 2. The normalized spacial score (nSPS) is 20.5. The molecule has 9 heteroatoms. The highest BCUT2D eigenvalue weighted by Gasteiger charge is 2.40. The van der Waals surface area contributed by atoms with Crippen LogP contribution in [-0.4, -0.2) is 45.8 Å². The van der Waals surface area contributed by atoms with Crippen LogP contribution in [0.15, 0.2) is 46.9 Å². The molecule has 2 aromatic rings. The molecule has 0 spiro atoms. The van der Waals surface area contributed by atoms with Crippen LogP contribution in [0.25, 0.3) is 0 Å². The zero-order valence-electron chi connectivity index (χ0n) is 17.0. The highest BCUT2D eigenvalue weighted by Crippen LogP contribution is 2.35. The molecule has 0 saturated heterocycles. The van der Waals surface area contributed by atoms with Crippen molar-refractivity contribution in [3.63, 3.8) is 0 Å². The third-order valence-electron chi connectivity index (χ3n) is 4.55. The fourth-order valence-corrected chi connectivity index (χ4v) is 4.22. The molecule has 3 atom stereocenters. The van der Waals surface area contributed by atoms with Gasteiger partial charge in [0.2, 0.25) is 5.91 Å². The topological polar surface area (TPSA) is 120 Å². The number of aliphatic hydroxyl groups is 1. The number of fused-ring (bicyclic) bond motifs is 1. The lowest BCUT2D eigenvalue weighted by atomic mass is 10.0. The van der Waals surface area contributed by atoms with Gasteiger partial charge in [-0.3, -0.25) is 4.79 Å². The second-order valence-electron chi connectivity index (χ2n) is 8.01. The van der Waals surface area contributed by atoms with Crippen LogP contribution in [0.1, 0.15) is 42.8 Å². The zero-order valence-corrected chi connectivity index (χ0v) is 17.8. The molecule has 30 heavy (non-hydrogen) atoms. The van der Waals surface area contributed by atoms with Gasteiger partial charge < -0.3 is 25.7 Å². The number of oxime groups is 1. The summed E-state index contributed by atoms with van der Waals surface area (Å²) in [6.45, 7) is 5.21. The van der Waals surface area contributed by atoms with Crippen molar-refractivity contribution < 1.29 is 24.6 Å². The van der Waals surface area contributed by atoms with E-state index in [1.54, 1.807) is 32.2 Å². The standard InChI is InChI=1S/C21H25N3O5S/c1-21(2,3)29-20(27)22-14(11-12-7-5-4-6-8-12)19(26)23-15-13-9-10-30-18(13)16(24-28)17(15)25/h4-10,14-15,17,25,28H,11H2,1-3H3,(H,22,27)(H,23,26)/b24-16-/t14-,15-,17-/m1/s1. The summed E-state index contributed by atoms with van der Waals surface area (Å²) in [5, 5.41) is 30.1. The maximum atomic E-state index is 13.1. The number of carbonyl (C=O) groups excluding carboxylic acids is 2. The van der Waals surface area contributed by atoms with Crippen molar-refractivity contribution in [3.8, 4) is 0 Å². The molecule has 2 amide bonds. The van der Waals surface area contributed by atoms with Gasteiger partial charge in [-0.05, 0) is 43.3 Å². The predicted octanol–water partition coefficient (Wildman–Crippen LogP) is 2.59. The summed E-state index contributed by atoms with van der Waals surface area (Å²) in [6, 6.07) is 9.34. The molecule has 0 aliphatic heterocycles. The summed E-state index contributed by atoms with van der Waals surface area (Å²) >= 11 is 1.32. The third-order valence-corrected chi connectivity index (χ3v) is 5.51. The first-order valence-electron chi connectivity index (χ1n) is 9.51. The number of nitrogens with one attached hydrogen (secondary N) is 2. The number of aliphatic hydroxyl groups excluding tert-OH is 1. The monoisotopic (exact) mass is 431 g/mol. The van der Waals surface area contributed by atoms with Crippen LogP contribution >= 0.6 is 11.3 Å². The van der Waals surface area contributed by atoms with Crippen LogP contribution in [-0.2, 0) is 16.0 Å². The highest BCUT2D eigenvalue weighted by molar-refractivity contribution is 7.12. The maximum Gasteiger partial charge on any atom is 0.408 e. The number of rotatable bonds is 5. The predicted molar refractivity (Wildman–Crippen MR) is 113 cm³/mol. The molecule has 8 nitrogen and oxygen atoms in total. The fraction of sp³-hybridized carbons (Fsp3) is 0.381. The number of ether oxygens (including phenoxy) is 1. The summed E-state index contributed by atoms with van der Waals surface area (Å²) in [7, 11) is 0. The van der Waals surface area contributed by atoms with E-state index in [-0.39, 0.29) is 12.1 Å². The molecule has 0 saturated carbocycles. The van der Waals surface area contributed by atoms with Crippen molar-refractivity contribution in [1.29, 1.82) is 0 Å². The van der Waals surface area contributed by atoms with Gasteiger partial charge >= 0.3 is 6.09 Å². The Kier molecular flexibility index (Phi) is 6.42. The van der Waals surface area contributed by atoms with Crippen LogP contribution in [0.3, 0.4) is 0 Å². The molecule has 1 aromatic heterocycles. The van der Waals surface area contributed by atoms with Crippen molar-refractivity contribution in [1.82, 2.24) is 10.6 Å². The van der Waals surface area contributed by atoms with Gasteiger partial charge in [0, 0.05) is 6.42 Å². The molecule has 0 radical (unpaired) electrons. The molecule has 0 unspecified atom stereocenters. The number of hydrogen-bond acceptors (Lipinski definition) is 7. The van der Waals surface area contributed by atoms with Gasteiger partial charge in [0.05, 0.1) is 10.9 Å². The number of thiophene rings is 1. The number of carbonyl (C=O) groups is 2. The van der Waals surface area contributed by atoms with Crippen molar-refractivity contribution >= 4 is 29.0 Å². The van der Waals surface area contributed by atoms with Gasteiger partial charge in [-0.15, -0.1) is 11.3 Å². The van der Waals surface area contributed by atoms with E-state index < -0.39 is 35.8 Å². The smallest absolute Gasteiger partial charge is 0.408 e. The molecule has 1 aliphatic rings. The van der Waals surface area contributed by atoms with Gasteiger partial charge in [0.1, 0.15) is 23.5 Å². The molecule has 0 fully saturated rings. The Morgan fingerprint density at radius 3 is 2.57 bits per heavy atom. The second kappa shape index (κ2) is 8.85. The molecule has 3 rings (SSSR count). The molecule has 1 aromatic carbocycles. The molecular formula is C21H25N3O5S. The van der Waals surface area contributed by atoms with Crippen LogP contribution in [0.4, 0.5) is 4.79 Å². The lowest BCUT2D eigenvalue weighted by Gasteiger charge is -2.25. The average molecular weight is 432 g/mol. The Morgan fingerprint density at radius 2 is 1.93 bits per heavy atom. The SMILES string of the molecule is CC(C)(C)OC(=O)N[C@H](Cc1ccccc1)C(=O)N[C@@H]1c2ccsc2/C(=N\O)[C@@H]1O. The second-order valence-corrected chi connectivity index (χ2v) is 8.93. The van der Waals surface area contributed by atoms with E-state index in [0.29, 0.717) is 10.4 Å². The van der Waals surface area contributed by atoms with Crippen LogP contribution in [0.2, 0.25) is 0 Å². The lowest BCUT2D eigenvalue weighted by molar-refractivity contribution is -0.124. The minimum atomic E-state index is -1.18. The van der Waals surface area contributed by atoms with E-state index in [1.807, 2.05) is 30.3 Å². The highest BCUT2D eigenvalue weighted by atomic mass is 32.1. The molecule has 160 valence electrons. The van der Waals surface area contributed by atoms with Crippen LogP contribution in [0.5, 0.6) is 0 Å². The van der Waals surface area contributed by atoms with Gasteiger partial charge in [-0.2, -0.15) is 0 Å². The van der Waals surface area contributed by atoms with E-state index in [2.05, 4.69) is 15.8 Å². The Hall–Kier alpha value is -2.91. The first kappa shape index (κ1) is 21.8. The zero-order chi connectivity index (χ0) is 21.9. The minimum Gasteiger partial charge on any atom is -0.444 e. The molecule has 1 heterocycles. The van der Waals surface area contributed by atoms with E-state index in [1.165, 1.54) is 11.3 Å². The Morgan fingerprint density at radius 1 is 1.23 bits per heavy atom. The Balaban J connectivity index is 1.79.